The van der Waals surface area contributed by atoms with Crippen LogP contribution in [0.5, 0.6) is 0 Å². The van der Waals surface area contributed by atoms with Crippen LogP contribution in [0.25, 0.3) is 0 Å². The predicted octanol–water partition coefficient (Wildman–Crippen LogP) is 2.92. The molecule has 2 rings (SSSR count). The Kier molecular flexibility index (Phi) is 4.98. The van der Waals surface area contributed by atoms with Gasteiger partial charge in [-0.25, -0.2) is 5.43 Å². The molecule has 0 aromatic heterocycles. The molecule has 2 aromatic rings. The van der Waals surface area contributed by atoms with Crippen LogP contribution in [-0.4, -0.2) is 17.0 Å². The van der Waals surface area contributed by atoms with Crippen molar-refractivity contribution in [1.82, 2.24) is 5.43 Å². The zero-order valence-electron chi connectivity index (χ0n) is 12.0. The van der Waals surface area contributed by atoms with Gasteiger partial charge in [0, 0.05) is 17.7 Å². The van der Waals surface area contributed by atoms with Gasteiger partial charge >= 0.3 is 0 Å². The average molecular weight is 297 g/mol. The Morgan fingerprint density at radius 2 is 2.00 bits per heavy atom. The summed E-state index contributed by atoms with van der Waals surface area (Å²) in [7, 11) is 0. The zero-order chi connectivity index (χ0) is 15.9. The molecule has 1 N–H and O–H groups in total. The van der Waals surface area contributed by atoms with Crippen molar-refractivity contribution in [2.75, 3.05) is 0 Å². The number of benzene rings is 2. The van der Waals surface area contributed by atoms with E-state index in [1.54, 1.807) is 0 Å². The van der Waals surface area contributed by atoms with E-state index in [1.807, 2.05) is 24.3 Å². The van der Waals surface area contributed by atoms with E-state index in [2.05, 4.69) is 17.5 Å². The number of nitrogens with zero attached hydrogens (tertiary/aromatic N) is 2. The van der Waals surface area contributed by atoms with Gasteiger partial charge < -0.3 is 0 Å². The third-order valence-corrected chi connectivity index (χ3v) is 3.09. The first-order valence-corrected chi connectivity index (χ1v) is 6.77. The van der Waals surface area contributed by atoms with Crippen molar-refractivity contribution in [3.8, 4) is 0 Å². The molecule has 112 valence electrons. The highest BCUT2D eigenvalue weighted by molar-refractivity contribution is 5.95. The maximum atomic E-state index is 11.9. The smallest absolute Gasteiger partial charge is 0.267 e. The minimum Gasteiger partial charge on any atom is -0.267 e. The highest BCUT2D eigenvalue weighted by atomic mass is 16.6. The van der Waals surface area contributed by atoms with Gasteiger partial charge in [0.05, 0.1) is 11.1 Å². The molecule has 22 heavy (non-hydrogen) atoms. The number of carbonyl (C=O) groups excluding carboxylic acids is 1. The van der Waals surface area contributed by atoms with E-state index >= 15 is 0 Å². The van der Waals surface area contributed by atoms with E-state index in [9.17, 15) is 14.9 Å². The largest absolute Gasteiger partial charge is 0.271 e. The maximum Gasteiger partial charge on any atom is 0.271 e. The van der Waals surface area contributed by atoms with Crippen molar-refractivity contribution in [2.45, 2.75) is 13.3 Å². The standard InChI is InChI=1S/C16H15N3O3/c1-2-12-6-8-13(9-7-12)11-17-18-16(20)14-4-3-5-15(10-14)19(21)22/h3-11H,2H2,1H3,(H,18,20)/b17-11-. The third-order valence-electron chi connectivity index (χ3n) is 3.09. The first kappa shape index (κ1) is 15.4. The lowest BCUT2D eigenvalue weighted by atomic mass is 10.1. The summed E-state index contributed by atoms with van der Waals surface area (Å²) >= 11 is 0. The molecule has 0 spiro atoms. The predicted molar refractivity (Wildman–Crippen MR) is 84.0 cm³/mol. The second-order valence-electron chi connectivity index (χ2n) is 4.60. The molecule has 0 unspecified atom stereocenters. The fourth-order valence-electron chi connectivity index (χ4n) is 1.83. The average Bonchev–Trinajstić information content (AvgIpc) is 2.55. The van der Waals surface area contributed by atoms with Crippen LogP contribution in [0.1, 0.15) is 28.4 Å². The van der Waals surface area contributed by atoms with Gasteiger partial charge in [-0.1, -0.05) is 37.3 Å². The topological polar surface area (TPSA) is 84.6 Å². The Morgan fingerprint density at radius 3 is 2.64 bits per heavy atom. The van der Waals surface area contributed by atoms with E-state index in [-0.39, 0.29) is 11.3 Å². The quantitative estimate of drug-likeness (QED) is 0.523. The van der Waals surface area contributed by atoms with E-state index in [4.69, 9.17) is 0 Å². The molecule has 0 saturated heterocycles. The lowest BCUT2D eigenvalue weighted by molar-refractivity contribution is -0.384. The number of rotatable bonds is 5. The van der Waals surface area contributed by atoms with Gasteiger partial charge in [0.25, 0.3) is 11.6 Å². The minimum absolute atomic E-state index is 0.133. The number of hydrogen-bond donors (Lipinski definition) is 1. The summed E-state index contributed by atoms with van der Waals surface area (Å²) in [5.74, 6) is -0.495. The Hall–Kier alpha value is -3.02. The van der Waals surface area contributed by atoms with Crippen LogP contribution in [0.15, 0.2) is 53.6 Å². The summed E-state index contributed by atoms with van der Waals surface area (Å²) < 4.78 is 0. The van der Waals surface area contributed by atoms with Gasteiger partial charge in [0.15, 0.2) is 0 Å². The van der Waals surface area contributed by atoms with Crippen LogP contribution in [0.2, 0.25) is 0 Å². The van der Waals surface area contributed by atoms with E-state index in [1.165, 1.54) is 36.0 Å². The molecular weight excluding hydrogens is 282 g/mol. The van der Waals surface area contributed by atoms with Gasteiger partial charge in [-0.05, 0) is 23.6 Å². The Balaban J connectivity index is 2.01. The van der Waals surface area contributed by atoms with Crippen molar-refractivity contribution >= 4 is 17.8 Å². The van der Waals surface area contributed by atoms with Crippen molar-refractivity contribution in [3.05, 3.63) is 75.3 Å². The molecule has 6 nitrogen and oxygen atoms in total. The van der Waals surface area contributed by atoms with Gasteiger partial charge in [-0.15, -0.1) is 0 Å². The van der Waals surface area contributed by atoms with Crippen LogP contribution >= 0.6 is 0 Å². The molecule has 0 aliphatic rings. The fourth-order valence-corrected chi connectivity index (χ4v) is 1.83. The highest BCUT2D eigenvalue weighted by Crippen LogP contribution is 2.12. The third kappa shape index (κ3) is 3.99. The number of carbonyl (C=O) groups is 1. The molecule has 1 amide bonds. The summed E-state index contributed by atoms with van der Waals surface area (Å²) in [6.07, 6.45) is 2.48. The van der Waals surface area contributed by atoms with Crippen molar-refractivity contribution < 1.29 is 9.72 Å². The molecular formula is C16H15N3O3. The molecule has 0 heterocycles. The molecule has 2 aromatic carbocycles. The van der Waals surface area contributed by atoms with Crippen molar-refractivity contribution in [2.24, 2.45) is 5.10 Å². The van der Waals surface area contributed by atoms with Gasteiger partial charge in [0.2, 0.25) is 0 Å². The molecule has 6 heteroatoms. The summed E-state index contributed by atoms with van der Waals surface area (Å²) in [5, 5.41) is 14.5. The van der Waals surface area contributed by atoms with E-state index in [0.29, 0.717) is 0 Å². The van der Waals surface area contributed by atoms with Crippen LogP contribution < -0.4 is 5.43 Å². The number of nitrogens with one attached hydrogen (secondary N) is 1. The summed E-state index contributed by atoms with van der Waals surface area (Å²) in [4.78, 5) is 22.0. The SMILES string of the molecule is CCc1ccc(/C=N\NC(=O)c2cccc([N+](=O)[O-])c2)cc1. The summed E-state index contributed by atoms with van der Waals surface area (Å²) in [5.41, 5.74) is 4.48. The first-order chi connectivity index (χ1) is 10.6. The summed E-state index contributed by atoms with van der Waals surface area (Å²) in [6.45, 7) is 2.07. The number of non-ortho nitro benzene ring substituents is 1. The minimum atomic E-state index is -0.546. The molecule has 0 radical (unpaired) electrons. The zero-order valence-corrected chi connectivity index (χ0v) is 12.0. The van der Waals surface area contributed by atoms with Crippen LogP contribution in [0, 0.1) is 10.1 Å². The Labute approximate surface area is 127 Å². The van der Waals surface area contributed by atoms with Gasteiger partial charge in [0.1, 0.15) is 0 Å². The maximum absolute atomic E-state index is 11.9. The Morgan fingerprint density at radius 1 is 1.27 bits per heavy atom. The van der Waals surface area contributed by atoms with E-state index < -0.39 is 10.8 Å². The molecule has 0 aliphatic heterocycles. The van der Waals surface area contributed by atoms with Crippen molar-refractivity contribution in [3.63, 3.8) is 0 Å². The number of nitro groups is 1. The molecule has 0 atom stereocenters. The monoisotopic (exact) mass is 297 g/mol. The van der Waals surface area contributed by atoms with Gasteiger partial charge in [-0.2, -0.15) is 5.10 Å². The number of nitro benzene ring substituents is 1. The van der Waals surface area contributed by atoms with Crippen molar-refractivity contribution in [1.29, 1.82) is 0 Å². The highest BCUT2D eigenvalue weighted by Gasteiger charge is 2.10. The number of hydrazone groups is 1. The number of amides is 1. The summed E-state index contributed by atoms with van der Waals surface area (Å²) in [6, 6.07) is 13.3. The Bertz CT molecular complexity index is 709. The van der Waals surface area contributed by atoms with Crippen LogP contribution in [0.3, 0.4) is 0 Å². The number of aryl methyl sites for hydroxylation is 1. The molecule has 0 saturated carbocycles. The second kappa shape index (κ2) is 7.12. The molecule has 0 bridgehead atoms. The van der Waals surface area contributed by atoms with Gasteiger partial charge in [-0.3, -0.25) is 14.9 Å². The molecule has 0 aliphatic carbocycles. The lowest BCUT2D eigenvalue weighted by Gasteiger charge is -2.00. The van der Waals surface area contributed by atoms with E-state index in [0.717, 1.165) is 12.0 Å². The fraction of sp³-hybridized carbons (Fsp3) is 0.125. The normalized spacial score (nSPS) is 10.6. The lowest BCUT2D eigenvalue weighted by Crippen LogP contribution is -2.17. The second-order valence-corrected chi connectivity index (χ2v) is 4.60. The van der Waals surface area contributed by atoms with Crippen LogP contribution in [0.4, 0.5) is 5.69 Å². The van der Waals surface area contributed by atoms with Crippen LogP contribution in [-0.2, 0) is 6.42 Å². The first-order valence-electron chi connectivity index (χ1n) is 6.77. The molecule has 0 fully saturated rings. The number of hydrogen-bond acceptors (Lipinski definition) is 4.